The fourth-order valence-electron chi connectivity index (χ4n) is 3.38. The van der Waals surface area contributed by atoms with Gasteiger partial charge in [0.15, 0.2) is 0 Å². The highest BCUT2D eigenvalue weighted by Gasteiger charge is 2.30. The van der Waals surface area contributed by atoms with E-state index in [1.54, 1.807) is 0 Å². The van der Waals surface area contributed by atoms with Gasteiger partial charge >= 0.3 is 11.9 Å². The van der Waals surface area contributed by atoms with E-state index in [0.29, 0.717) is 0 Å². The Morgan fingerprint density at radius 3 is 1.72 bits per heavy atom. The van der Waals surface area contributed by atoms with Crippen molar-refractivity contribution >= 4 is 17.6 Å². The maximum absolute atomic E-state index is 12.6. The smallest absolute Gasteiger partial charge is 0.393 e. The van der Waals surface area contributed by atoms with Crippen molar-refractivity contribution in [1.82, 2.24) is 0 Å². The van der Waals surface area contributed by atoms with Gasteiger partial charge in [0.2, 0.25) is 0 Å². The first kappa shape index (κ1) is 25.6. The summed E-state index contributed by atoms with van der Waals surface area (Å²) in [6.45, 7) is 19.9. The fraction of sp³-hybridized carbons (Fsp3) is 0.500. The third-order valence-corrected chi connectivity index (χ3v) is 5.38. The lowest BCUT2D eigenvalue weighted by molar-refractivity contribution is -0.134. The molecule has 0 atom stereocenters. The van der Waals surface area contributed by atoms with Crippen molar-refractivity contribution in [3.63, 3.8) is 0 Å². The van der Waals surface area contributed by atoms with Gasteiger partial charge in [-0.25, -0.2) is 9.79 Å². The molecule has 0 aliphatic carbocycles. The molecule has 0 saturated carbocycles. The van der Waals surface area contributed by atoms with Crippen LogP contribution in [0, 0.1) is 0 Å². The van der Waals surface area contributed by atoms with Gasteiger partial charge in [0.05, 0.1) is 12.8 Å². The summed E-state index contributed by atoms with van der Waals surface area (Å²) in [7, 11) is 1.35. The summed E-state index contributed by atoms with van der Waals surface area (Å²) in [6, 6.07) is 14.2. The van der Waals surface area contributed by atoms with Crippen LogP contribution in [-0.2, 0) is 37.1 Å². The van der Waals surface area contributed by atoms with Gasteiger partial charge in [-0.1, -0.05) is 105 Å². The summed E-state index contributed by atoms with van der Waals surface area (Å²) >= 11 is 0. The maximum atomic E-state index is 12.6. The number of benzene rings is 2. The number of carbonyl (C=O) groups excluding carboxylic acids is 1. The summed E-state index contributed by atoms with van der Waals surface area (Å²) in [6.07, 6.45) is 0. The van der Waals surface area contributed by atoms with Crippen LogP contribution in [0.25, 0.3) is 0 Å². The van der Waals surface area contributed by atoms with E-state index in [1.807, 2.05) is 30.3 Å². The van der Waals surface area contributed by atoms with Crippen molar-refractivity contribution < 1.29 is 14.3 Å². The van der Waals surface area contributed by atoms with E-state index in [-0.39, 0.29) is 28.7 Å². The molecule has 2 rings (SSSR count). The number of ether oxygens (including phenoxy) is 2. The Morgan fingerprint density at radius 2 is 1.31 bits per heavy atom. The zero-order valence-electron chi connectivity index (χ0n) is 21.4. The van der Waals surface area contributed by atoms with E-state index < -0.39 is 5.97 Å². The van der Waals surface area contributed by atoms with Gasteiger partial charge in [-0.15, -0.1) is 0 Å². The largest absolute Gasteiger partial charge is 0.468 e. The minimum absolute atomic E-state index is 0.0166. The van der Waals surface area contributed by atoms with Gasteiger partial charge in [-0.2, -0.15) is 0 Å². The van der Waals surface area contributed by atoms with E-state index in [9.17, 15) is 4.79 Å². The van der Waals surface area contributed by atoms with Crippen LogP contribution in [0.2, 0.25) is 0 Å². The monoisotopic (exact) mass is 437 g/mol. The number of hydrogen-bond acceptors (Lipinski definition) is 4. The molecule has 0 spiro atoms. The summed E-state index contributed by atoms with van der Waals surface area (Å²) in [5, 5.41) is 0. The highest BCUT2D eigenvalue weighted by Crippen LogP contribution is 2.43. The highest BCUT2D eigenvalue weighted by atomic mass is 16.6. The minimum atomic E-state index is -0.583. The summed E-state index contributed by atoms with van der Waals surface area (Å²) < 4.78 is 10.9. The molecule has 32 heavy (non-hydrogen) atoms. The molecule has 0 bridgehead atoms. The number of nitrogens with zero attached hydrogens (tertiary/aromatic N) is 1. The second-order valence-corrected chi connectivity index (χ2v) is 11.4. The van der Waals surface area contributed by atoms with Crippen molar-refractivity contribution in [3.8, 4) is 0 Å². The molecule has 0 aliphatic heterocycles. The van der Waals surface area contributed by atoms with Crippen LogP contribution < -0.4 is 0 Å². The first-order valence-corrected chi connectivity index (χ1v) is 11.2. The molecule has 2 aromatic rings. The highest BCUT2D eigenvalue weighted by molar-refractivity contribution is 6.33. The van der Waals surface area contributed by atoms with Crippen molar-refractivity contribution in [2.45, 2.75) is 85.2 Å². The molecule has 0 N–H and O–H groups in total. The second-order valence-electron chi connectivity index (χ2n) is 11.4. The molecule has 0 aromatic heterocycles. The zero-order chi connectivity index (χ0) is 24.3. The summed E-state index contributed by atoms with van der Waals surface area (Å²) in [5.41, 5.74) is 4.78. The van der Waals surface area contributed by atoms with E-state index >= 15 is 0 Å². The quantitative estimate of drug-likeness (QED) is 0.295. The van der Waals surface area contributed by atoms with Crippen LogP contribution >= 0.6 is 0 Å². The van der Waals surface area contributed by atoms with Crippen LogP contribution in [0.15, 0.2) is 47.5 Å². The fourth-order valence-corrected chi connectivity index (χ4v) is 3.38. The number of rotatable bonds is 3. The van der Waals surface area contributed by atoms with E-state index in [0.717, 1.165) is 22.4 Å². The van der Waals surface area contributed by atoms with Crippen molar-refractivity contribution in [3.05, 3.63) is 64.7 Å². The minimum Gasteiger partial charge on any atom is -0.468 e. The average Bonchev–Trinajstić information content (AvgIpc) is 2.68. The van der Waals surface area contributed by atoms with Crippen molar-refractivity contribution in [2.75, 3.05) is 7.11 Å². The molecule has 0 aliphatic rings. The second kappa shape index (κ2) is 9.48. The topological polar surface area (TPSA) is 47.9 Å². The van der Waals surface area contributed by atoms with E-state index in [4.69, 9.17) is 14.5 Å². The number of aliphatic imine (C=N–C) groups is 1. The molecular weight excluding hydrogens is 398 g/mol. The van der Waals surface area contributed by atoms with E-state index in [2.05, 4.69) is 74.4 Å². The molecule has 0 radical (unpaired) electrons. The van der Waals surface area contributed by atoms with Crippen LogP contribution in [0.5, 0.6) is 0 Å². The standard InChI is InChI=1S/C28H39NO3/c1-26(2,3)20-16-21(27(4,5)6)23(22(17-20)28(7,8)9)29-24(25(30)31-10)32-18-19-14-12-11-13-15-19/h11-17H,18H2,1-10H3. The first-order chi connectivity index (χ1) is 14.6. The van der Waals surface area contributed by atoms with Crippen molar-refractivity contribution in [1.29, 1.82) is 0 Å². The number of hydrogen-bond donors (Lipinski definition) is 0. The summed E-state index contributed by atoms with van der Waals surface area (Å²) in [5.74, 6) is -0.614. The molecule has 4 heteroatoms. The van der Waals surface area contributed by atoms with E-state index in [1.165, 1.54) is 12.7 Å². The van der Waals surface area contributed by atoms with Crippen LogP contribution in [-0.4, -0.2) is 19.0 Å². The number of esters is 1. The van der Waals surface area contributed by atoms with Gasteiger partial charge in [0.1, 0.15) is 6.61 Å². The third-order valence-electron chi connectivity index (χ3n) is 5.38. The normalized spacial score (nSPS) is 13.1. The Labute approximate surface area is 194 Å². The zero-order valence-corrected chi connectivity index (χ0v) is 21.4. The molecule has 0 amide bonds. The van der Waals surface area contributed by atoms with Gasteiger partial charge in [0, 0.05) is 0 Å². The predicted octanol–water partition coefficient (Wildman–Crippen LogP) is 7.00. The molecule has 0 saturated heterocycles. The number of carbonyl (C=O) groups is 1. The predicted molar refractivity (Wildman–Crippen MR) is 133 cm³/mol. The average molecular weight is 438 g/mol. The lowest BCUT2D eigenvalue weighted by atomic mass is 9.74. The Kier molecular flexibility index (Phi) is 7.59. The van der Waals surface area contributed by atoms with Gasteiger partial charge in [-0.05, 0) is 38.5 Å². The Morgan fingerprint density at radius 1 is 0.812 bits per heavy atom. The molecule has 0 unspecified atom stereocenters. The summed E-state index contributed by atoms with van der Waals surface area (Å²) in [4.78, 5) is 17.4. The van der Waals surface area contributed by atoms with Crippen molar-refractivity contribution in [2.24, 2.45) is 4.99 Å². The van der Waals surface area contributed by atoms with Gasteiger partial charge in [-0.3, -0.25) is 0 Å². The molecule has 174 valence electrons. The maximum Gasteiger partial charge on any atom is 0.393 e. The van der Waals surface area contributed by atoms with Crippen LogP contribution in [0.4, 0.5) is 5.69 Å². The first-order valence-electron chi connectivity index (χ1n) is 11.2. The molecule has 4 nitrogen and oxygen atoms in total. The lowest BCUT2D eigenvalue weighted by Gasteiger charge is -2.32. The molecule has 0 fully saturated rings. The van der Waals surface area contributed by atoms with Gasteiger partial charge in [0.25, 0.3) is 0 Å². The Bertz CT molecular complexity index is 933. The Balaban J connectivity index is 2.74. The van der Waals surface area contributed by atoms with Crippen LogP contribution in [0.1, 0.15) is 84.6 Å². The lowest BCUT2D eigenvalue weighted by Crippen LogP contribution is -2.23. The number of methoxy groups -OCH3 is 1. The molecule has 2 aromatic carbocycles. The molecular formula is C28H39NO3. The SMILES string of the molecule is COC(=O)C(=Nc1c(C(C)(C)C)cc(C(C)(C)C)cc1C(C)(C)C)OCc1ccccc1. The third kappa shape index (κ3) is 6.44. The van der Waals surface area contributed by atoms with Gasteiger partial charge < -0.3 is 9.47 Å². The molecule has 0 heterocycles. The Hall–Kier alpha value is -2.62. The van der Waals surface area contributed by atoms with Crippen LogP contribution in [0.3, 0.4) is 0 Å².